The molecule has 0 unspecified atom stereocenters. The first-order valence-electron chi connectivity index (χ1n) is 2.73. The van der Waals surface area contributed by atoms with Crippen LogP contribution in [0.15, 0.2) is 0 Å². The second-order valence-corrected chi connectivity index (χ2v) is 1.92. The molecule has 0 aliphatic heterocycles. The molecule has 0 aliphatic rings. The van der Waals surface area contributed by atoms with Crippen molar-refractivity contribution < 1.29 is 22.4 Å². The number of aldehydes is 1. The van der Waals surface area contributed by atoms with Gasteiger partial charge in [-0.15, -0.1) is 5.10 Å². The molecule has 3 nitrogen and oxygen atoms in total. The van der Waals surface area contributed by atoms with Crippen LogP contribution >= 0.6 is 0 Å². The molecule has 66 valence electrons. The van der Waals surface area contributed by atoms with Gasteiger partial charge in [0, 0.05) is 0 Å². The number of halogens is 4. The number of rotatable bonds is 1. The second-order valence-electron chi connectivity index (χ2n) is 1.92. The van der Waals surface area contributed by atoms with E-state index in [-0.39, 0.29) is 6.29 Å². The van der Waals surface area contributed by atoms with Gasteiger partial charge in [0.1, 0.15) is 5.56 Å². The number of alkyl halides is 3. The summed E-state index contributed by atoms with van der Waals surface area (Å²) in [6.45, 7) is 0. The normalized spacial score (nSPS) is 11.7. The fourth-order valence-electron chi connectivity index (χ4n) is 0.652. The number of aromatic nitrogens is 2. The van der Waals surface area contributed by atoms with Gasteiger partial charge in [-0.05, 0) is 0 Å². The molecule has 12 heavy (non-hydrogen) atoms. The molecular weight excluding hydrogens is 180 g/mol. The number of nitrogens with one attached hydrogen (secondary N) is 1. The van der Waals surface area contributed by atoms with Crippen LogP contribution in [0.3, 0.4) is 0 Å². The van der Waals surface area contributed by atoms with Crippen LogP contribution in [-0.2, 0) is 6.18 Å². The summed E-state index contributed by atoms with van der Waals surface area (Å²) in [5, 5.41) is 3.99. The summed E-state index contributed by atoms with van der Waals surface area (Å²) in [5.74, 6) is -1.45. The first-order valence-corrected chi connectivity index (χ1v) is 2.73. The maximum Gasteiger partial charge on any atom is 0.433 e. The van der Waals surface area contributed by atoms with Crippen LogP contribution in [-0.4, -0.2) is 16.5 Å². The molecule has 1 heterocycles. The van der Waals surface area contributed by atoms with E-state index in [4.69, 9.17) is 0 Å². The monoisotopic (exact) mass is 182 g/mol. The Bertz CT molecular complexity index is 303. The average molecular weight is 182 g/mol. The first-order chi connectivity index (χ1) is 5.46. The van der Waals surface area contributed by atoms with E-state index in [1.54, 1.807) is 0 Å². The van der Waals surface area contributed by atoms with Crippen molar-refractivity contribution in [3.63, 3.8) is 0 Å². The second kappa shape index (κ2) is 2.58. The Balaban J connectivity index is 3.25. The molecule has 0 amide bonds. The van der Waals surface area contributed by atoms with Crippen LogP contribution in [0, 0.1) is 5.95 Å². The molecule has 0 saturated carbocycles. The number of hydrogen-bond acceptors (Lipinski definition) is 2. The Labute approximate surface area is 63.4 Å². The van der Waals surface area contributed by atoms with E-state index in [0.717, 1.165) is 0 Å². The third-order valence-corrected chi connectivity index (χ3v) is 1.16. The minimum absolute atomic E-state index is 0.234. The number of H-pyrrole nitrogens is 1. The summed E-state index contributed by atoms with van der Waals surface area (Å²) < 4.78 is 47.8. The van der Waals surface area contributed by atoms with Gasteiger partial charge in [0.2, 0.25) is 5.95 Å². The van der Waals surface area contributed by atoms with Gasteiger partial charge in [0.25, 0.3) is 0 Å². The van der Waals surface area contributed by atoms with Crippen molar-refractivity contribution in [2.45, 2.75) is 6.18 Å². The molecule has 0 spiro atoms. The van der Waals surface area contributed by atoms with Gasteiger partial charge in [-0.2, -0.15) is 17.6 Å². The summed E-state index contributed by atoms with van der Waals surface area (Å²) in [5.41, 5.74) is -2.56. The van der Waals surface area contributed by atoms with E-state index in [1.807, 2.05) is 0 Å². The van der Waals surface area contributed by atoms with Gasteiger partial charge in [-0.3, -0.25) is 9.89 Å². The topological polar surface area (TPSA) is 45.8 Å². The van der Waals surface area contributed by atoms with Gasteiger partial charge < -0.3 is 0 Å². The summed E-state index contributed by atoms with van der Waals surface area (Å²) >= 11 is 0. The summed E-state index contributed by atoms with van der Waals surface area (Å²) in [6, 6.07) is 0. The quantitative estimate of drug-likeness (QED) is 0.526. The van der Waals surface area contributed by atoms with Gasteiger partial charge in [0.15, 0.2) is 12.0 Å². The van der Waals surface area contributed by atoms with Crippen LogP contribution < -0.4 is 0 Å². The minimum atomic E-state index is -4.78. The van der Waals surface area contributed by atoms with Crippen molar-refractivity contribution in [1.29, 1.82) is 0 Å². The molecule has 0 aromatic carbocycles. The number of carbonyl (C=O) groups is 1. The van der Waals surface area contributed by atoms with Crippen molar-refractivity contribution in [3.8, 4) is 0 Å². The van der Waals surface area contributed by atoms with E-state index in [9.17, 15) is 22.4 Å². The minimum Gasteiger partial charge on any atom is -0.298 e. The third-order valence-electron chi connectivity index (χ3n) is 1.16. The molecule has 0 bridgehead atoms. The molecule has 0 aliphatic carbocycles. The third kappa shape index (κ3) is 1.29. The van der Waals surface area contributed by atoms with Gasteiger partial charge >= 0.3 is 6.18 Å². The average Bonchev–Trinajstić information content (AvgIpc) is 2.29. The number of hydrogen-bond donors (Lipinski definition) is 1. The molecule has 1 N–H and O–H groups in total. The Morgan fingerprint density at radius 3 is 2.33 bits per heavy atom. The van der Waals surface area contributed by atoms with E-state index < -0.39 is 23.4 Å². The van der Waals surface area contributed by atoms with Crippen molar-refractivity contribution in [3.05, 3.63) is 17.2 Å². The SMILES string of the molecule is O=Cc1c(F)n[nH]c1C(F)(F)F. The largest absolute Gasteiger partial charge is 0.433 e. The van der Waals surface area contributed by atoms with Crippen LogP contribution in [0.2, 0.25) is 0 Å². The summed E-state index contributed by atoms with van der Waals surface area (Å²) in [4.78, 5) is 9.96. The molecule has 7 heteroatoms. The first kappa shape index (κ1) is 8.69. The predicted octanol–water partition coefficient (Wildman–Crippen LogP) is 1.38. The smallest absolute Gasteiger partial charge is 0.298 e. The molecule has 0 fully saturated rings. The Morgan fingerprint density at radius 1 is 1.42 bits per heavy atom. The fraction of sp³-hybridized carbons (Fsp3) is 0.200. The van der Waals surface area contributed by atoms with Crippen LogP contribution in [0.1, 0.15) is 16.1 Å². The van der Waals surface area contributed by atoms with Crippen LogP contribution in [0.5, 0.6) is 0 Å². The Hall–Kier alpha value is -1.40. The molecule has 0 atom stereocenters. The van der Waals surface area contributed by atoms with Gasteiger partial charge in [0.05, 0.1) is 0 Å². The molecule has 1 rings (SSSR count). The van der Waals surface area contributed by atoms with Crippen LogP contribution in [0.4, 0.5) is 17.6 Å². The Kier molecular flexibility index (Phi) is 1.87. The maximum absolute atomic E-state index is 12.3. The van der Waals surface area contributed by atoms with E-state index in [0.29, 0.717) is 0 Å². The zero-order valence-corrected chi connectivity index (χ0v) is 5.44. The predicted molar refractivity (Wildman–Crippen MR) is 28.9 cm³/mol. The van der Waals surface area contributed by atoms with Crippen molar-refractivity contribution in [2.75, 3.05) is 0 Å². The maximum atomic E-state index is 12.3. The highest BCUT2D eigenvalue weighted by atomic mass is 19.4. The van der Waals surface area contributed by atoms with Crippen molar-refractivity contribution >= 4 is 6.29 Å². The van der Waals surface area contributed by atoms with Gasteiger partial charge in [-0.1, -0.05) is 0 Å². The standard InChI is InChI=1S/C5H2F4N2O/c6-4-2(1-12)3(10-11-4)5(7,8)9/h1H,(H,10,11). The molecule has 1 aromatic heterocycles. The lowest BCUT2D eigenvalue weighted by molar-refractivity contribution is -0.141. The van der Waals surface area contributed by atoms with E-state index in [2.05, 4.69) is 5.10 Å². The highest BCUT2D eigenvalue weighted by molar-refractivity contribution is 5.76. The van der Waals surface area contributed by atoms with Crippen molar-refractivity contribution in [2.24, 2.45) is 0 Å². The van der Waals surface area contributed by atoms with E-state index >= 15 is 0 Å². The summed E-state index contributed by atoms with van der Waals surface area (Å²) in [7, 11) is 0. The van der Waals surface area contributed by atoms with Crippen molar-refractivity contribution in [1.82, 2.24) is 10.2 Å². The number of aromatic amines is 1. The lowest BCUT2D eigenvalue weighted by atomic mass is 10.2. The van der Waals surface area contributed by atoms with E-state index in [1.165, 1.54) is 5.10 Å². The molecular formula is C5H2F4N2O. The number of nitrogens with zero attached hydrogens (tertiary/aromatic N) is 1. The molecule has 0 saturated heterocycles. The lowest BCUT2D eigenvalue weighted by Gasteiger charge is -2.01. The lowest BCUT2D eigenvalue weighted by Crippen LogP contribution is -2.08. The highest BCUT2D eigenvalue weighted by Gasteiger charge is 2.37. The zero-order chi connectivity index (χ0) is 9.35. The highest BCUT2D eigenvalue weighted by Crippen LogP contribution is 2.30. The Morgan fingerprint density at radius 2 is 2.00 bits per heavy atom. The van der Waals surface area contributed by atoms with Gasteiger partial charge in [-0.25, -0.2) is 0 Å². The summed E-state index contributed by atoms with van der Waals surface area (Å²) in [6.07, 6.45) is -5.02. The van der Waals surface area contributed by atoms with Crippen LogP contribution in [0.25, 0.3) is 0 Å². The zero-order valence-electron chi connectivity index (χ0n) is 5.44. The molecule has 1 aromatic rings. The fourth-order valence-corrected chi connectivity index (χ4v) is 0.652. The number of carbonyl (C=O) groups excluding carboxylic acids is 1. The molecule has 0 radical (unpaired) electrons.